The molecule has 0 saturated heterocycles. The predicted molar refractivity (Wildman–Crippen MR) is 90.5 cm³/mol. The van der Waals surface area contributed by atoms with E-state index in [9.17, 15) is 10.2 Å². The van der Waals surface area contributed by atoms with Crippen LogP contribution in [0.25, 0.3) is 0 Å². The summed E-state index contributed by atoms with van der Waals surface area (Å²) in [6.45, 7) is 9.49. The molecule has 3 rings (SSSR count). The van der Waals surface area contributed by atoms with Crippen molar-refractivity contribution in [3.63, 3.8) is 0 Å². The van der Waals surface area contributed by atoms with E-state index in [1.54, 1.807) is 5.57 Å². The Labute approximate surface area is 136 Å². The fraction of sp³-hybridized carbons (Fsp3) is 0.900. The number of hydrogen-bond donors (Lipinski definition) is 2. The van der Waals surface area contributed by atoms with E-state index in [1.807, 2.05) is 0 Å². The number of hydrogen-bond acceptors (Lipinski definition) is 2. The highest BCUT2D eigenvalue weighted by Crippen LogP contribution is 2.63. The second kappa shape index (κ2) is 5.34. The average molecular weight is 306 g/mol. The van der Waals surface area contributed by atoms with Gasteiger partial charge in [0.2, 0.25) is 0 Å². The average Bonchev–Trinajstić information content (AvgIpc) is 2.45. The quantitative estimate of drug-likeness (QED) is 0.746. The third kappa shape index (κ3) is 2.38. The Kier molecular flexibility index (Phi) is 4.01. The first-order chi connectivity index (χ1) is 10.2. The Morgan fingerprint density at radius 3 is 2.55 bits per heavy atom. The van der Waals surface area contributed by atoms with Gasteiger partial charge in [-0.15, -0.1) is 0 Å². The Morgan fingerprint density at radius 2 is 1.86 bits per heavy atom. The topological polar surface area (TPSA) is 40.5 Å². The van der Waals surface area contributed by atoms with Crippen LogP contribution in [0.2, 0.25) is 0 Å². The largest absolute Gasteiger partial charge is 0.394 e. The molecule has 2 fully saturated rings. The SMILES string of the molecule is CC1(C)CCC[C@]2(C)[C@H]3CC[C@@](C)([C@H](O)CO)C=C3CC[C@@H]12. The number of aliphatic hydroxyl groups excluding tert-OH is 2. The maximum atomic E-state index is 10.2. The van der Waals surface area contributed by atoms with E-state index < -0.39 is 6.10 Å². The Bertz CT molecular complexity index is 466. The van der Waals surface area contributed by atoms with Gasteiger partial charge in [-0.05, 0) is 61.2 Å². The van der Waals surface area contributed by atoms with Crippen molar-refractivity contribution in [2.75, 3.05) is 6.61 Å². The van der Waals surface area contributed by atoms with E-state index in [4.69, 9.17) is 0 Å². The van der Waals surface area contributed by atoms with Gasteiger partial charge >= 0.3 is 0 Å². The van der Waals surface area contributed by atoms with Gasteiger partial charge in [0, 0.05) is 5.41 Å². The van der Waals surface area contributed by atoms with E-state index in [1.165, 1.54) is 38.5 Å². The van der Waals surface area contributed by atoms with Crippen molar-refractivity contribution in [2.45, 2.75) is 78.7 Å². The summed E-state index contributed by atoms with van der Waals surface area (Å²) in [7, 11) is 0. The fourth-order valence-corrected chi connectivity index (χ4v) is 6.32. The summed E-state index contributed by atoms with van der Waals surface area (Å²) in [6.07, 6.45) is 10.5. The highest BCUT2D eigenvalue weighted by atomic mass is 16.3. The van der Waals surface area contributed by atoms with Crippen LogP contribution in [-0.2, 0) is 0 Å². The molecule has 0 aromatic carbocycles. The lowest BCUT2D eigenvalue weighted by Gasteiger charge is -2.60. The maximum Gasteiger partial charge on any atom is 0.0858 e. The summed E-state index contributed by atoms with van der Waals surface area (Å²) in [5, 5.41) is 19.6. The summed E-state index contributed by atoms with van der Waals surface area (Å²) >= 11 is 0. The fourth-order valence-electron chi connectivity index (χ4n) is 6.32. The van der Waals surface area contributed by atoms with E-state index in [0.29, 0.717) is 16.7 Å². The molecule has 0 unspecified atom stereocenters. The Morgan fingerprint density at radius 1 is 1.14 bits per heavy atom. The number of fused-ring (bicyclic) bond motifs is 3. The molecule has 0 heterocycles. The summed E-state index contributed by atoms with van der Waals surface area (Å²) < 4.78 is 0. The Balaban J connectivity index is 1.92. The minimum absolute atomic E-state index is 0.127. The van der Waals surface area contributed by atoms with Gasteiger partial charge in [-0.1, -0.05) is 45.8 Å². The second-order valence-corrected chi connectivity index (χ2v) is 9.45. The molecule has 0 aromatic heterocycles. The number of rotatable bonds is 2. The van der Waals surface area contributed by atoms with Gasteiger partial charge in [0.25, 0.3) is 0 Å². The van der Waals surface area contributed by atoms with Crippen molar-refractivity contribution in [1.82, 2.24) is 0 Å². The van der Waals surface area contributed by atoms with Crippen molar-refractivity contribution < 1.29 is 10.2 Å². The molecule has 22 heavy (non-hydrogen) atoms. The van der Waals surface area contributed by atoms with Crippen LogP contribution in [0.1, 0.15) is 72.6 Å². The first-order valence-corrected chi connectivity index (χ1v) is 9.23. The van der Waals surface area contributed by atoms with Gasteiger partial charge in [0.05, 0.1) is 12.7 Å². The van der Waals surface area contributed by atoms with E-state index in [0.717, 1.165) is 12.3 Å². The van der Waals surface area contributed by atoms with Gasteiger partial charge in [0.15, 0.2) is 0 Å². The molecule has 0 aliphatic heterocycles. The molecule has 0 amide bonds. The van der Waals surface area contributed by atoms with Crippen LogP contribution >= 0.6 is 0 Å². The van der Waals surface area contributed by atoms with Crippen LogP contribution in [0.5, 0.6) is 0 Å². The van der Waals surface area contributed by atoms with Crippen LogP contribution in [0, 0.1) is 28.1 Å². The van der Waals surface area contributed by atoms with Gasteiger partial charge < -0.3 is 10.2 Å². The smallest absolute Gasteiger partial charge is 0.0858 e. The van der Waals surface area contributed by atoms with Crippen molar-refractivity contribution in [3.8, 4) is 0 Å². The first kappa shape index (κ1) is 16.5. The Hall–Kier alpha value is -0.340. The monoisotopic (exact) mass is 306 g/mol. The third-order valence-electron chi connectivity index (χ3n) is 7.66. The lowest BCUT2D eigenvalue weighted by molar-refractivity contribution is -0.0673. The summed E-state index contributed by atoms with van der Waals surface area (Å²) in [4.78, 5) is 0. The van der Waals surface area contributed by atoms with Crippen molar-refractivity contribution in [1.29, 1.82) is 0 Å². The molecule has 0 radical (unpaired) electrons. The van der Waals surface area contributed by atoms with Gasteiger partial charge in [-0.2, -0.15) is 0 Å². The summed E-state index contributed by atoms with van der Waals surface area (Å²) in [5.74, 6) is 1.54. The maximum absolute atomic E-state index is 10.2. The van der Waals surface area contributed by atoms with Gasteiger partial charge in [0.1, 0.15) is 0 Å². The van der Waals surface area contributed by atoms with Crippen LogP contribution in [-0.4, -0.2) is 22.9 Å². The normalized spacial score (nSPS) is 45.5. The molecule has 0 spiro atoms. The van der Waals surface area contributed by atoms with Crippen LogP contribution < -0.4 is 0 Å². The van der Waals surface area contributed by atoms with Crippen molar-refractivity contribution >= 4 is 0 Å². The highest BCUT2D eigenvalue weighted by Gasteiger charge is 2.54. The zero-order valence-electron chi connectivity index (χ0n) is 14.9. The third-order valence-corrected chi connectivity index (χ3v) is 7.66. The molecular weight excluding hydrogens is 272 g/mol. The van der Waals surface area contributed by atoms with E-state index in [2.05, 4.69) is 33.8 Å². The molecule has 0 bridgehead atoms. The number of aliphatic hydroxyl groups is 2. The zero-order valence-corrected chi connectivity index (χ0v) is 14.9. The first-order valence-electron chi connectivity index (χ1n) is 9.23. The second-order valence-electron chi connectivity index (χ2n) is 9.45. The standard InChI is InChI=1S/C20H34O2/c1-18(2)9-5-10-20(4)15-8-11-19(3,17(22)13-21)12-14(15)6-7-16(18)20/h12,15-17,21-22H,5-11,13H2,1-4H3/t15-,16-,17+,19+,20+/m0/s1. The van der Waals surface area contributed by atoms with Crippen molar-refractivity contribution in [3.05, 3.63) is 11.6 Å². The van der Waals surface area contributed by atoms with Crippen LogP contribution in [0.3, 0.4) is 0 Å². The lowest BCUT2D eigenvalue weighted by Crippen LogP contribution is -2.51. The molecule has 5 atom stereocenters. The molecule has 3 aliphatic carbocycles. The van der Waals surface area contributed by atoms with E-state index >= 15 is 0 Å². The number of allylic oxidation sites excluding steroid dienone is 1. The molecular formula is C20H34O2. The minimum atomic E-state index is -0.616. The lowest BCUT2D eigenvalue weighted by atomic mass is 9.45. The predicted octanol–water partition coefficient (Wildman–Crippen LogP) is 4.31. The van der Waals surface area contributed by atoms with Crippen LogP contribution in [0.15, 0.2) is 11.6 Å². The molecule has 3 aliphatic rings. The molecule has 0 aromatic rings. The summed E-state index contributed by atoms with van der Waals surface area (Å²) in [6, 6.07) is 0. The molecule has 2 heteroatoms. The molecule has 2 nitrogen and oxygen atoms in total. The molecule has 126 valence electrons. The van der Waals surface area contributed by atoms with Crippen molar-refractivity contribution in [2.24, 2.45) is 28.1 Å². The zero-order chi connectivity index (χ0) is 16.2. The van der Waals surface area contributed by atoms with Gasteiger partial charge in [-0.3, -0.25) is 0 Å². The molecule has 2 N–H and O–H groups in total. The molecule has 2 saturated carbocycles. The van der Waals surface area contributed by atoms with Gasteiger partial charge in [-0.25, -0.2) is 0 Å². The minimum Gasteiger partial charge on any atom is -0.394 e. The van der Waals surface area contributed by atoms with E-state index in [-0.39, 0.29) is 12.0 Å². The van der Waals surface area contributed by atoms with Crippen LogP contribution in [0.4, 0.5) is 0 Å². The summed E-state index contributed by atoms with van der Waals surface area (Å²) in [5.41, 5.74) is 2.27. The highest BCUT2D eigenvalue weighted by molar-refractivity contribution is 5.24.